The van der Waals surface area contributed by atoms with Gasteiger partial charge in [0.05, 0.1) is 26.3 Å². The van der Waals surface area contributed by atoms with E-state index in [4.69, 9.17) is 19.7 Å². The Balaban J connectivity index is 0.00000225. The Hall–Kier alpha value is -1.83. The lowest BCUT2D eigenvalue weighted by atomic mass is 9.99. The number of nitrogens with two attached hydrogens (primary N) is 1. The Bertz CT molecular complexity index is 727. The molecule has 8 heteroatoms. The maximum absolute atomic E-state index is 6.00. The Labute approximate surface area is 153 Å². The SMILES string of the molecule is COc1cc2c(cc1OC)CN(Cc1nc(C(C)(C)N)no1)CC2.Cl. The summed E-state index contributed by atoms with van der Waals surface area (Å²) in [6, 6.07) is 4.11. The van der Waals surface area contributed by atoms with Gasteiger partial charge in [0.25, 0.3) is 0 Å². The number of methoxy groups -OCH3 is 2. The number of nitrogens with zero attached hydrogens (tertiary/aromatic N) is 3. The molecule has 7 nitrogen and oxygen atoms in total. The van der Waals surface area contributed by atoms with Crippen LogP contribution in [0.25, 0.3) is 0 Å². The van der Waals surface area contributed by atoms with E-state index >= 15 is 0 Å². The zero-order valence-electron chi connectivity index (χ0n) is 15.0. The van der Waals surface area contributed by atoms with E-state index in [-0.39, 0.29) is 12.4 Å². The molecule has 1 aromatic carbocycles. The molecule has 0 unspecified atom stereocenters. The minimum atomic E-state index is -0.597. The molecule has 0 saturated heterocycles. The molecule has 0 spiro atoms. The molecule has 0 aliphatic carbocycles. The average Bonchev–Trinajstić information content (AvgIpc) is 3.02. The summed E-state index contributed by atoms with van der Waals surface area (Å²) in [7, 11) is 3.31. The topological polar surface area (TPSA) is 86.6 Å². The van der Waals surface area contributed by atoms with Gasteiger partial charge in [0, 0.05) is 13.1 Å². The Kier molecular flexibility index (Phi) is 5.92. The molecule has 0 amide bonds. The molecule has 25 heavy (non-hydrogen) atoms. The fourth-order valence-electron chi connectivity index (χ4n) is 2.85. The zero-order chi connectivity index (χ0) is 17.3. The smallest absolute Gasteiger partial charge is 0.240 e. The van der Waals surface area contributed by atoms with Crippen molar-refractivity contribution in [2.75, 3.05) is 20.8 Å². The highest BCUT2D eigenvalue weighted by atomic mass is 35.5. The number of benzene rings is 1. The number of hydrogen-bond acceptors (Lipinski definition) is 7. The fourth-order valence-corrected chi connectivity index (χ4v) is 2.85. The predicted molar refractivity (Wildman–Crippen MR) is 96.1 cm³/mol. The van der Waals surface area contributed by atoms with Crippen LogP contribution in [0.5, 0.6) is 11.5 Å². The summed E-state index contributed by atoms with van der Waals surface area (Å²) in [5, 5.41) is 3.97. The highest BCUT2D eigenvalue weighted by molar-refractivity contribution is 5.85. The van der Waals surface area contributed by atoms with Crippen molar-refractivity contribution in [1.29, 1.82) is 0 Å². The van der Waals surface area contributed by atoms with Crippen molar-refractivity contribution in [2.45, 2.75) is 38.9 Å². The number of halogens is 1. The van der Waals surface area contributed by atoms with E-state index in [1.807, 2.05) is 19.9 Å². The summed E-state index contributed by atoms with van der Waals surface area (Å²) in [4.78, 5) is 6.68. The van der Waals surface area contributed by atoms with Gasteiger partial charge in [-0.2, -0.15) is 4.98 Å². The van der Waals surface area contributed by atoms with Gasteiger partial charge in [0.1, 0.15) is 0 Å². The molecule has 2 heterocycles. The van der Waals surface area contributed by atoms with Gasteiger partial charge in [-0.25, -0.2) is 0 Å². The first kappa shape index (κ1) is 19.5. The van der Waals surface area contributed by atoms with Crippen molar-refractivity contribution < 1.29 is 14.0 Å². The lowest BCUT2D eigenvalue weighted by Crippen LogP contribution is -2.31. The number of aromatic nitrogens is 2. The van der Waals surface area contributed by atoms with Gasteiger partial charge in [-0.05, 0) is 43.5 Å². The molecule has 0 bridgehead atoms. The van der Waals surface area contributed by atoms with E-state index in [1.54, 1.807) is 14.2 Å². The Morgan fingerprint density at radius 3 is 2.40 bits per heavy atom. The van der Waals surface area contributed by atoms with Crippen LogP contribution in [-0.2, 0) is 25.0 Å². The van der Waals surface area contributed by atoms with Crippen LogP contribution < -0.4 is 15.2 Å². The van der Waals surface area contributed by atoms with Crippen molar-refractivity contribution in [3.8, 4) is 11.5 Å². The van der Waals surface area contributed by atoms with Crippen LogP contribution in [-0.4, -0.2) is 35.8 Å². The second-order valence-electron chi connectivity index (χ2n) is 6.67. The molecular formula is C17H25ClN4O3. The van der Waals surface area contributed by atoms with E-state index in [1.165, 1.54) is 11.1 Å². The quantitative estimate of drug-likeness (QED) is 0.866. The summed E-state index contributed by atoms with van der Waals surface area (Å²) < 4.78 is 16.1. The summed E-state index contributed by atoms with van der Waals surface area (Å²) in [6.45, 7) is 6.05. The number of fused-ring (bicyclic) bond motifs is 1. The Morgan fingerprint density at radius 2 is 1.84 bits per heavy atom. The summed E-state index contributed by atoms with van der Waals surface area (Å²) in [6.07, 6.45) is 0.944. The molecule has 0 radical (unpaired) electrons. The van der Waals surface area contributed by atoms with E-state index in [0.29, 0.717) is 18.3 Å². The fraction of sp³-hybridized carbons (Fsp3) is 0.529. The summed E-state index contributed by atoms with van der Waals surface area (Å²) in [5.74, 6) is 2.65. The molecule has 1 aromatic heterocycles. The molecule has 1 aliphatic rings. The van der Waals surface area contributed by atoms with Gasteiger partial charge in [-0.15, -0.1) is 12.4 Å². The first-order chi connectivity index (χ1) is 11.4. The van der Waals surface area contributed by atoms with Crippen molar-refractivity contribution in [2.24, 2.45) is 5.73 Å². The second-order valence-corrected chi connectivity index (χ2v) is 6.67. The molecule has 138 valence electrons. The van der Waals surface area contributed by atoms with Crippen molar-refractivity contribution >= 4 is 12.4 Å². The van der Waals surface area contributed by atoms with Crippen molar-refractivity contribution in [3.63, 3.8) is 0 Å². The van der Waals surface area contributed by atoms with E-state index < -0.39 is 5.54 Å². The Morgan fingerprint density at radius 1 is 1.20 bits per heavy atom. The van der Waals surface area contributed by atoms with Gasteiger partial charge in [-0.3, -0.25) is 4.90 Å². The number of hydrogen-bond donors (Lipinski definition) is 1. The van der Waals surface area contributed by atoms with Crippen LogP contribution in [0.3, 0.4) is 0 Å². The molecule has 2 N–H and O–H groups in total. The molecule has 0 fully saturated rings. The molecule has 0 saturated carbocycles. The maximum Gasteiger partial charge on any atom is 0.240 e. The molecule has 0 atom stereocenters. The van der Waals surface area contributed by atoms with Crippen LogP contribution in [0.1, 0.15) is 36.7 Å². The third-order valence-electron chi connectivity index (χ3n) is 4.20. The number of ether oxygens (including phenoxy) is 2. The minimum absolute atomic E-state index is 0. The van der Waals surface area contributed by atoms with Crippen LogP contribution >= 0.6 is 12.4 Å². The normalized spacial score (nSPS) is 14.6. The van der Waals surface area contributed by atoms with Crippen LogP contribution in [0.2, 0.25) is 0 Å². The van der Waals surface area contributed by atoms with Crippen molar-refractivity contribution in [3.05, 3.63) is 35.0 Å². The lowest BCUT2D eigenvalue weighted by Gasteiger charge is -2.28. The second kappa shape index (κ2) is 7.59. The monoisotopic (exact) mass is 368 g/mol. The minimum Gasteiger partial charge on any atom is -0.493 e. The first-order valence-electron chi connectivity index (χ1n) is 7.98. The zero-order valence-corrected chi connectivity index (χ0v) is 15.9. The van der Waals surface area contributed by atoms with Gasteiger partial charge in [0.15, 0.2) is 17.3 Å². The predicted octanol–water partition coefficient (Wildman–Crippen LogP) is 2.26. The maximum atomic E-state index is 6.00. The van der Waals surface area contributed by atoms with Gasteiger partial charge >= 0.3 is 0 Å². The van der Waals surface area contributed by atoms with E-state index in [2.05, 4.69) is 21.1 Å². The molecular weight excluding hydrogens is 344 g/mol. The standard InChI is InChI=1S/C17H24N4O3.ClH/c1-17(2,18)16-19-15(24-20-16)10-21-6-5-11-7-13(22-3)14(23-4)8-12(11)9-21;/h7-8H,5-6,9-10,18H2,1-4H3;1H. The third kappa shape index (κ3) is 4.23. The molecule has 3 rings (SSSR count). The van der Waals surface area contributed by atoms with Crippen molar-refractivity contribution in [1.82, 2.24) is 15.0 Å². The molecule has 1 aliphatic heterocycles. The van der Waals surface area contributed by atoms with Gasteiger partial charge < -0.3 is 19.7 Å². The third-order valence-corrected chi connectivity index (χ3v) is 4.20. The molecule has 2 aromatic rings. The van der Waals surface area contributed by atoms with Gasteiger partial charge in [0.2, 0.25) is 5.89 Å². The highest BCUT2D eigenvalue weighted by Gasteiger charge is 2.24. The van der Waals surface area contributed by atoms with Crippen LogP contribution in [0, 0.1) is 0 Å². The van der Waals surface area contributed by atoms with Gasteiger partial charge in [-0.1, -0.05) is 5.16 Å². The summed E-state index contributed by atoms with van der Waals surface area (Å²) in [5.41, 5.74) is 7.93. The first-order valence-corrected chi connectivity index (χ1v) is 7.98. The lowest BCUT2D eigenvalue weighted by molar-refractivity contribution is 0.209. The number of rotatable bonds is 5. The average molecular weight is 369 g/mol. The summed E-state index contributed by atoms with van der Waals surface area (Å²) >= 11 is 0. The largest absolute Gasteiger partial charge is 0.493 e. The van der Waals surface area contributed by atoms with Crippen LogP contribution in [0.4, 0.5) is 0 Å². The van der Waals surface area contributed by atoms with E-state index in [0.717, 1.165) is 31.0 Å². The highest BCUT2D eigenvalue weighted by Crippen LogP contribution is 2.33. The van der Waals surface area contributed by atoms with Crippen LogP contribution in [0.15, 0.2) is 16.7 Å². The van der Waals surface area contributed by atoms with E-state index in [9.17, 15) is 0 Å².